The molecule has 1 amide bonds. The third-order valence-corrected chi connectivity index (χ3v) is 6.53. The molecule has 2 atom stereocenters. The molecule has 4 aromatic rings. The first-order valence-corrected chi connectivity index (χ1v) is 11.2. The molecule has 1 N–H and O–H groups in total. The highest BCUT2D eigenvalue weighted by Crippen LogP contribution is 2.28. The molecule has 0 radical (unpaired) electrons. The summed E-state index contributed by atoms with van der Waals surface area (Å²) in [6.45, 7) is 3.40. The Morgan fingerprint density at radius 2 is 2.06 bits per heavy atom. The maximum atomic E-state index is 13.9. The van der Waals surface area contributed by atoms with Crippen LogP contribution in [-0.2, 0) is 17.8 Å². The molecule has 1 aliphatic rings. The van der Waals surface area contributed by atoms with E-state index >= 15 is 0 Å². The number of nitrogens with zero attached hydrogens (tertiary/aromatic N) is 4. The normalized spacial score (nSPS) is 18.3. The van der Waals surface area contributed by atoms with Crippen molar-refractivity contribution >= 4 is 16.8 Å². The molecule has 2 aromatic carbocycles. The van der Waals surface area contributed by atoms with Gasteiger partial charge in [-0.3, -0.25) is 14.6 Å². The predicted octanol–water partition coefficient (Wildman–Crippen LogP) is 4.57. The van der Waals surface area contributed by atoms with E-state index < -0.39 is 11.6 Å². The number of aryl methyl sites for hydroxylation is 1. The van der Waals surface area contributed by atoms with E-state index in [-0.39, 0.29) is 36.3 Å². The van der Waals surface area contributed by atoms with Crippen molar-refractivity contribution in [3.63, 3.8) is 0 Å². The monoisotopic (exact) mass is 449 g/mol. The lowest BCUT2D eigenvalue weighted by Gasteiger charge is -2.21. The minimum Gasteiger partial charge on any atom is -0.340 e. The lowest BCUT2D eigenvalue weighted by Crippen LogP contribution is -2.34. The second-order valence-electron chi connectivity index (χ2n) is 8.80. The lowest BCUT2D eigenvalue weighted by atomic mass is 10.1. The third-order valence-electron chi connectivity index (χ3n) is 6.53. The predicted molar refractivity (Wildman–Crippen MR) is 121 cm³/mol. The summed E-state index contributed by atoms with van der Waals surface area (Å²) in [6.07, 6.45) is 6.76. The van der Waals surface area contributed by atoms with Crippen LogP contribution < -0.4 is 0 Å². The van der Waals surface area contributed by atoms with Crippen molar-refractivity contribution in [1.29, 1.82) is 0 Å². The highest BCUT2D eigenvalue weighted by atomic mass is 19.2. The summed E-state index contributed by atoms with van der Waals surface area (Å²) in [5.74, 6) is -1.48. The van der Waals surface area contributed by atoms with Crippen molar-refractivity contribution in [3.05, 3.63) is 72.2 Å². The first-order chi connectivity index (χ1) is 16.0. The summed E-state index contributed by atoms with van der Waals surface area (Å²) in [5, 5.41) is 12.5. The Morgan fingerprint density at radius 1 is 1.18 bits per heavy atom. The average molecular weight is 450 g/mol. The van der Waals surface area contributed by atoms with Crippen molar-refractivity contribution < 1.29 is 13.6 Å². The average Bonchev–Trinajstić information content (AvgIpc) is 3.55. The summed E-state index contributed by atoms with van der Waals surface area (Å²) < 4.78 is 29.3. The highest BCUT2D eigenvalue weighted by Gasteiger charge is 2.32. The van der Waals surface area contributed by atoms with E-state index in [1.54, 1.807) is 6.20 Å². The van der Waals surface area contributed by atoms with E-state index in [1.807, 2.05) is 28.9 Å². The Hall–Kier alpha value is -3.55. The zero-order chi connectivity index (χ0) is 22.9. The first kappa shape index (κ1) is 21.3. The van der Waals surface area contributed by atoms with Gasteiger partial charge in [-0.25, -0.2) is 8.78 Å². The number of halogens is 2. The third kappa shape index (κ3) is 4.25. The maximum Gasteiger partial charge on any atom is 0.223 e. The van der Waals surface area contributed by atoms with E-state index in [9.17, 15) is 13.6 Å². The van der Waals surface area contributed by atoms with Gasteiger partial charge in [0.15, 0.2) is 11.6 Å². The number of amides is 1. The number of fused-ring (bicyclic) bond motifs is 1. The van der Waals surface area contributed by atoms with Crippen LogP contribution in [0.4, 0.5) is 8.78 Å². The number of carbonyl (C=O) groups excluding carboxylic acids is 1. The molecule has 1 saturated heterocycles. The molecule has 170 valence electrons. The SMILES string of the molecule is C[C@@H]1C[C@@H](Cn2ncc3cc(-c4cn[nH]c4)ccc32)CN1C(=O)CCc1cccc(F)c1F. The summed E-state index contributed by atoms with van der Waals surface area (Å²) in [7, 11) is 0. The molecule has 0 spiro atoms. The number of benzene rings is 2. The highest BCUT2D eigenvalue weighted by molar-refractivity contribution is 5.84. The van der Waals surface area contributed by atoms with Gasteiger partial charge in [0.05, 0.1) is 17.9 Å². The van der Waals surface area contributed by atoms with Gasteiger partial charge in [-0.2, -0.15) is 10.2 Å². The van der Waals surface area contributed by atoms with Crippen molar-refractivity contribution in [2.24, 2.45) is 5.92 Å². The van der Waals surface area contributed by atoms with Crippen LogP contribution in [0, 0.1) is 17.6 Å². The largest absolute Gasteiger partial charge is 0.340 e. The fraction of sp³-hybridized carbons (Fsp3) is 0.320. The quantitative estimate of drug-likeness (QED) is 0.469. The molecular formula is C25H25F2N5O. The molecule has 8 heteroatoms. The van der Waals surface area contributed by atoms with E-state index in [0.29, 0.717) is 6.54 Å². The van der Waals surface area contributed by atoms with Crippen LogP contribution in [0.3, 0.4) is 0 Å². The topological polar surface area (TPSA) is 66.8 Å². The van der Waals surface area contributed by atoms with Crippen LogP contribution in [0.25, 0.3) is 22.0 Å². The number of carbonyl (C=O) groups is 1. The Balaban J connectivity index is 1.23. The fourth-order valence-electron chi connectivity index (χ4n) is 4.81. The number of hydrogen-bond donors (Lipinski definition) is 1. The number of aromatic nitrogens is 4. The number of H-pyrrole nitrogens is 1. The Bertz CT molecular complexity index is 1280. The Labute approximate surface area is 190 Å². The van der Waals surface area contributed by atoms with Gasteiger partial charge in [-0.15, -0.1) is 0 Å². The first-order valence-electron chi connectivity index (χ1n) is 11.2. The Kier molecular flexibility index (Phi) is 5.66. The molecule has 0 saturated carbocycles. The van der Waals surface area contributed by atoms with Crippen LogP contribution >= 0.6 is 0 Å². The Morgan fingerprint density at radius 3 is 2.88 bits per heavy atom. The van der Waals surface area contributed by atoms with Gasteiger partial charge in [0.25, 0.3) is 0 Å². The zero-order valence-corrected chi connectivity index (χ0v) is 18.3. The van der Waals surface area contributed by atoms with Gasteiger partial charge in [-0.1, -0.05) is 18.2 Å². The number of nitrogens with one attached hydrogen (secondary N) is 1. The summed E-state index contributed by atoms with van der Waals surface area (Å²) in [5.41, 5.74) is 3.41. The minimum atomic E-state index is -0.877. The van der Waals surface area contributed by atoms with E-state index in [4.69, 9.17) is 0 Å². The smallest absolute Gasteiger partial charge is 0.223 e. The standard InChI is InChI=1S/C25H25F2N5O/c1-16-9-17(14-31(16)24(33)8-6-18-3-2-4-22(26)25(18)27)15-32-23-7-5-19(10-20(23)13-30-32)21-11-28-29-12-21/h2-5,7,10-13,16-17H,6,8-9,14-15H2,1H3,(H,28,29)/t16-,17-/m1/s1. The van der Waals surface area contributed by atoms with Crippen molar-refractivity contribution in [1.82, 2.24) is 24.9 Å². The van der Waals surface area contributed by atoms with Crippen LogP contribution in [0.2, 0.25) is 0 Å². The second kappa shape index (κ2) is 8.77. The van der Waals surface area contributed by atoms with Crippen LogP contribution in [0.15, 0.2) is 55.0 Å². The molecule has 3 heterocycles. The molecule has 6 nitrogen and oxygen atoms in total. The number of rotatable bonds is 6. The van der Waals surface area contributed by atoms with Crippen LogP contribution in [-0.4, -0.2) is 43.4 Å². The van der Waals surface area contributed by atoms with Gasteiger partial charge in [0.1, 0.15) is 0 Å². The molecule has 5 rings (SSSR count). The van der Waals surface area contributed by atoms with E-state index in [0.717, 1.165) is 41.1 Å². The summed E-state index contributed by atoms with van der Waals surface area (Å²) in [4.78, 5) is 14.7. The van der Waals surface area contributed by atoms with Crippen molar-refractivity contribution in [2.75, 3.05) is 6.54 Å². The molecule has 1 aliphatic heterocycles. The van der Waals surface area contributed by atoms with Crippen molar-refractivity contribution in [3.8, 4) is 11.1 Å². The molecular weight excluding hydrogens is 424 g/mol. The van der Waals surface area contributed by atoms with E-state index in [2.05, 4.69) is 33.5 Å². The molecule has 0 bridgehead atoms. The van der Waals surface area contributed by atoms with Gasteiger partial charge < -0.3 is 4.90 Å². The number of aromatic amines is 1. The lowest BCUT2D eigenvalue weighted by molar-refractivity contribution is -0.131. The molecule has 0 unspecified atom stereocenters. The summed E-state index contributed by atoms with van der Waals surface area (Å²) in [6, 6.07) is 10.4. The van der Waals surface area contributed by atoms with Gasteiger partial charge in [0, 0.05) is 42.7 Å². The van der Waals surface area contributed by atoms with Crippen molar-refractivity contribution in [2.45, 2.75) is 38.8 Å². The van der Waals surface area contributed by atoms with Gasteiger partial charge >= 0.3 is 0 Å². The fourth-order valence-corrected chi connectivity index (χ4v) is 4.81. The minimum absolute atomic E-state index is 0.0243. The van der Waals surface area contributed by atoms with Crippen LogP contribution in [0.1, 0.15) is 25.3 Å². The number of likely N-dealkylation sites (tertiary alicyclic amines) is 1. The number of hydrogen-bond acceptors (Lipinski definition) is 3. The van der Waals surface area contributed by atoms with E-state index in [1.165, 1.54) is 12.1 Å². The van der Waals surface area contributed by atoms with Crippen LogP contribution in [0.5, 0.6) is 0 Å². The van der Waals surface area contributed by atoms with Gasteiger partial charge in [0.2, 0.25) is 5.91 Å². The zero-order valence-electron chi connectivity index (χ0n) is 18.3. The summed E-state index contributed by atoms with van der Waals surface area (Å²) >= 11 is 0. The second-order valence-corrected chi connectivity index (χ2v) is 8.80. The maximum absolute atomic E-state index is 13.9. The molecule has 2 aromatic heterocycles. The molecule has 0 aliphatic carbocycles. The molecule has 33 heavy (non-hydrogen) atoms. The van der Waals surface area contributed by atoms with Gasteiger partial charge in [-0.05, 0) is 55.0 Å². The molecule has 1 fully saturated rings.